The summed E-state index contributed by atoms with van der Waals surface area (Å²) in [6, 6.07) is 5.49. The van der Waals surface area contributed by atoms with Crippen molar-refractivity contribution in [1.82, 2.24) is 5.32 Å². The fourth-order valence-electron chi connectivity index (χ4n) is 1.09. The molecule has 0 saturated carbocycles. The number of hydrogen-bond acceptors (Lipinski definition) is 1. The smallest absolute Gasteiger partial charge is 0.224 e. The van der Waals surface area contributed by atoms with Gasteiger partial charge in [-0.05, 0) is 40.5 Å². The number of nitrogens with one attached hydrogen (secondary N) is 1. The van der Waals surface area contributed by atoms with Crippen molar-refractivity contribution in [1.29, 1.82) is 0 Å². The monoisotopic (exact) mass is 275 g/mol. The van der Waals surface area contributed by atoms with Crippen LogP contribution in [0.3, 0.4) is 0 Å². The summed E-state index contributed by atoms with van der Waals surface area (Å²) < 4.78 is 0.820. The molecule has 0 fully saturated rings. The summed E-state index contributed by atoms with van der Waals surface area (Å²) in [5.74, 6) is 0.0294. The van der Waals surface area contributed by atoms with Gasteiger partial charge in [0, 0.05) is 11.0 Å². The molecule has 0 aromatic heterocycles. The molecule has 0 heterocycles. The van der Waals surface area contributed by atoms with E-state index in [1.165, 1.54) is 0 Å². The van der Waals surface area contributed by atoms with Crippen LogP contribution in [-0.4, -0.2) is 12.5 Å². The maximum absolute atomic E-state index is 11.2. The molecule has 0 aliphatic rings. The number of carbonyl (C=O) groups excluding carboxylic acids is 1. The molecule has 0 unspecified atom stereocenters. The van der Waals surface area contributed by atoms with Gasteiger partial charge in [-0.2, -0.15) is 0 Å². The first-order valence-electron chi connectivity index (χ1n) is 4.34. The zero-order chi connectivity index (χ0) is 10.6. The lowest BCUT2D eigenvalue weighted by atomic mass is 10.1. The molecule has 0 atom stereocenters. The largest absolute Gasteiger partial charge is 0.356 e. The fourth-order valence-corrected chi connectivity index (χ4v) is 1.64. The van der Waals surface area contributed by atoms with Gasteiger partial charge >= 0.3 is 0 Å². The maximum atomic E-state index is 11.2. The Labute approximate surface area is 96.8 Å². The van der Waals surface area contributed by atoms with Crippen LogP contribution in [-0.2, 0) is 11.2 Å². The lowest BCUT2D eigenvalue weighted by Crippen LogP contribution is -2.24. The van der Waals surface area contributed by atoms with Gasteiger partial charge in [0.2, 0.25) is 5.91 Å². The number of hydrogen-bond donors (Lipinski definition) is 1. The van der Waals surface area contributed by atoms with E-state index < -0.39 is 0 Å². The maximum Gasteiger partial charge on any atom is 0.224 e. The summed E-state index contributed by atoms with van der Waals surface area (Å²) in [7, 11) is 0. The van der Waals surface area contributed by atoms with Crippen LogP contribution in [0.5, 0.6) is 0 Å². The number of rotatable bonds is 3. The molecule has 0 aliphatic carbocycles. The minimum absolute atomic E-state index is 0.0294. The number of likely N-dealkylation sites (N-methyl/N-ethyl adjacent to an activating group) is 1. The zero-order valence-electron chi connectivity index (χ0n) is 7.81. The van der Waals surface area contributed by atoms with E-state index in [4.69, 9.17) is 11.6 Å². The number of amides is 1. The van der Waals surface area contributed by atoms with Gasteiger partial charge in [0.1, 0.15) is 0 Å². The minimum atomic E-state index is 0.0294. The van der Waals surface area contributed by atoms with Crippen LogP contribution in [0.15, 0.2) is 22.7 Å². The third-order valence-corrected chi connectivity index (χ3v) is 2.94. The molecule has 0 spiro atoms. The molecule has 1 aromatic rings. The second-order valence-corrected chi connectivity index (χ2v) is 4.14. The first kappa shape index (κ1) is 11.5. The van der Waals surface area contributed by atoms with Gasteiger partial charge in [-0.15, -0.1) is 0 Å². The third kappa shape index (κ3) is 3.31. The van der Waals surface area contributed by atoms with Crippen molar-refractivity contribution >= 4 is 33.4 Å². The van der Waals surface area contributed by atoms with Crippen LogP contribution in [0, 0.1) is 0 Å². The highest BCUT2D eigenvalue weighted by molar-refractivity contribution is 9.10. The lowest BCUT2D eigenvalue weighted by Gasteiger charge is -2.03. The molecule has 1 amide bonds. The zero-order valence-corrected chi connectivity index (χ0v) is 10.2. The van der Waals surface area contributed by atoms with Crippen molar-refractivity contribution in [3.8, 4) is 0 Å². The molecule has 0 aliphatic heterocycles. The Hall–Kier alpha value is -0.540. The Bertz CT molecular complexity index is 341. The SMILES string of the molecule is CCNC(=O)Cc1ccc(Cl)c(Br)c1. The van der Waals surface area contributed by atoms with E-state index in [0.717, 1.165) is 10.0 Å². The average Bonchev–Trinajstić information content (AvgIpc) is 2.12. The highest BCUT2D eigenvalue weighted by Gasteiger charge is 2.03. The Kier molecular flexibility index (Phi) is 4.42. The summed E-state index contributed by atoms with van der Waals surface area (Å²) in [6.07, 6.45) is 0.392. The van der Waals surface area contributed by atoms with Gasteiger partial charge in [0.15, 0.2) is 0 Å². The first-order chi connectivity index (χ1) is 6.63. The molecule has 4 heteroatoms. The summed E-state index contributed by atoms with van der Waals surface area (Å²) >= 11 is 9.14. The molecule has 0 bridgehead atoms. The topological polar surface area (TPSA) is 29.1 Å². The average molecular weight is 277 g/mol. The Morgan fingerprint density at radius 1 is 1.57 bits per heavy atom. The van der Waals surface area contributed by atoms with E-state index in [-0.39, 0.29) is 5.91 Å². The van der Waals surface area contributed by atoms with Crippen molar-refractivity contribution in [2.75, 3.05) is 6.54 Å². The Morgan fingerprint density at radius 2 is 2.29 bits per heavy atom. The van der Waals surface area contributed by atoms with E-state index in [9.17, 15) is 4.79 Å². The number of carbonyl (C=O) groups is 1. The summed E-state index contributed by atoms with van der Waals surface area (Å²) in [5.41, 5.74) is 0.951. The lowest BCUT2D eigenvalue weighted by molar-refractivity contribution is -0.120. The summed E-state index contributed by atoms with van der Waals surface area (Å²) in [6.45, 7) is 2.56. The predicted molar refractivity (Wildman–Crippen MR) is 61.5 cm³/mol. The molecule has 14 heavy (non-hydrogen) atoms. The Balaban J connectivity index is 2.68. The molecule has 0 saturated heterocycles. The molecule has 0 radical (unpaired) electrons. The van der Waals surface area contributed by atoms with Crippen LogP contribution in [0.2, 0.25) is 5.02 Å². The number of halogens is 2. The van der Waals surface area contributed by atoms with Gasteiger partial charge < -0.3 is 5.32 Å². The van der Waals surface area contributed by atoms with Gasteiger partial charge in [0.05, 0.1) is 11.4 Å². The molecular weight excluding hydrogens is 265 g/mol. The van der Waals surface area contributed by atoms with Crippen molar-refractivity contribution in [3.63, 3.8) is 0 Å². The standard InChI is InChI=1S/C10H11BrClNO/c1-2-13-10(14)6-7-3-4-9(12)8(11)5-7/h3-5H,2,6H2,1H3,(H,13,14). The van der Waals surface area contributed by atoms with E-state index in [2.05, 4.69) is 21.2 Å². The Morgan fingerprint density at radius 3 is 2.86 bits per heavy atom. The summed E-state index contributed by atoms with van der Waals surface area (Å²) in [4.78, 5) is 11.2. The third-order valence-electron chi connectivity index (χ3n) is 1.72. The molecular formula is C10H11BrClNO. The van der Waals surface area contributed by atoms with Gasteiger partial charge in [0.25, 0.3) is 0 Å². The van der Waals surface area contributed by atoms with Crippen molar-refractivity contribution in [2.45, 2.75) is 13.3 Å². The molecule has 1 aromatic carbocycles. The second kappa shape index (κ2) is 5.37. The van der Waals surface area contributed by atoms with Gasteiger partial charge in [-0.3, -0.25) is 4.79 Å². The van der Waals surface area contributed by atoms with Crippen LogP contribution in [0.25, 0.3) is 0 Å². The number of benzene rings is 1. The van der Waals surface area contributed by atoms with Crippen LogP contribution >= 0.6 is 27.5 Å². The normalized spacial score (nSPS) is 9.93. The highest BCUT2D eigenvalue weighted by atomic mass is 79.9. The van der Waals surface area contributed by atoms with E-state index >= 15 is 0 Å². The van der Waals surface area contributed by atoms with Crippen molar-refractivity contribution in [3.05, 3.63) is 33.3 Å². The van der Waals surface area contributed by atoms with Crippen molar-refractivity contribution in [2.24, 2.45) is 0 Å². The van der Waals surface area contributed by atoms with Crippen molar-refractivity contribution < 1.29 is 4.79 Å². The quantitative estimate of drug-likeness (QED) is 0.904. The molecule has 2 nitrogen and oxygen atoms in total. The minimum Gasteiger partial charge on any atom is -0.356 e. The first-order valence-corrected chi connectivity index (χ1v) is 5.51. The van der Waals surface area contributed by atoms with Crippen LogP contribution in [0.4, 0.5) is 0 Å². The summed E-state index contributed by atoms with van der Waals surface area (Å²) in [5, 5.41) is 3.40. The van der Waals surface area contributed by atoms with Gasteiger partial charge in [-0.25, -0.2) is 0 Å². The van der Waals surface area contributed by atoms with Crippen LogP contribution in [0.1, 0.15) is 12.5 Å². The van der Waals surface area contributed by atoms with Crippen LogP contribution < -0.4 is 5.32 Å². The molecule has 1 N–H and O–H groups in total. The second-order valence-electron chi connectivity index (χ2n) is 2.88. The van der Waals surface area contributed by atoms with E-state index in [1.807, 2.05) is 19.1 Å². The fraction of sp³-hybridized carbons (Fsp3) is 0.300. The van der Waals surface area contributed by atoms with Gasteiger partial charge in [-0.1, -0.05) is 17.7 Å². The molecule has 1 rings (SSSR count). The van der Waals surface area contributed by atoms with E-state index in [1.54, 1.807) is 6.07 Å². The highest BCUT2D eigenvalue weighted by Crippen LogP contribution is 2.23. The predicted octanol–water partition coefficient (Wildman–Crippen LogP) is 2.78. The molecule has 76 valence electrons. The van der Waals surface area contributed by atoms with E-state index in [0.29, 0.717) is 18.0 Å².